The van der Waals surface area contributed by atoms with Crippen LogP contribution in [0, 0.1) is 13.8 Å². The summed E-state index contributed by atoms with van der Waals surface area (Å²) in [6, 6.07) is 16.0. The lowest BCUT2D eigenvalue weighted by molar-refractivity contribution is 0.0948. The Morgan fingerprint density at radius 1 is 1.04 bits per heavy atom. The monoisotopic (exact) mass is 348 g/mol. The summed E-state index contributed by atoms with van der Waals surface area (Å²) in [5.41, 5.74) is 3.01. The Morgan fingerprint density at radius 2 is 1.77 bits per heavy atom. The molecule has 0 aliphatic rings. The fraction of sp³-hybridized carbons (Fsp3) is 0.143. The topological polar surface area (TPSA) is 71.5 Å². The van der Waals surface area contributed by atoms with Gasteiger partial charge in [-0.3, -0.25) is 4.79 Å². The van der Waals surface area contributed by atoms with Crippen molar-refractivity contribution in [2.75, 3.05) is 0 Å². The summed E-state index contributed by atoms with van der Waals surface area (Å²) in [4.78, 5) is 16.6. The van der Waals surface area contributed by atoms with Gasteiger partial charge in [0.1, 0.15) is 11.5 Å². The fourth-order valence-electron chi connectivity index (χ4n) is 2.64. The van der Waals surface area contributed by atoms with Gasteiger partial charge in [0.2, 0.25) is 5.88 Å². The summed E-state index contributed by atoms with van der Waals surface area (Å²) in [7, 11) is 0. The Bertz CT molecular complexity index is 918. The summed E-state index contributed by atoms with van der Waals surface area (Å²) in [6.07, 6.45) is 1.65. The number of hydrogen-bond donors (Lipinski definition) is 2. The second-order valence-corrected chi connectivity index (χ2v) is 5.99. The molecule has 1 heterocycles. The molecule has 0 aliphatic heterocycles. The largest absolute Gasteiger partial charge is 0.507 e. The van der Waals surface area contributed by atoms with Crippen LogP contribution in [-0.2, 0) is 6.54 Å². The number of nitrogens with one attached hydrogen (secondary N) is 1. The molecule has 0 aliphatic carbocycles. The number of hydrogen-bond acceptors (Lipinski definition) is 4. The van der Waals surface area contributed by atoms with E-state index in [1.165, 1.54) is 6.07 Å². The number of aryl methyl sites for hydroxylation is 2. The van der Waals surface area contributed by atoms with Gasteiger partial charge in [-0.1, -0.05) is 36.4 Å². The standard InChI is InChI=1S/C21H20N2O3/c1-14-7-5-8-15(2)19(14)26-21-16(9-6-12-22-21)13-23-20(25)17-10-3-4-11-18(17)24/h3-12,24H,13H2,1-2H3,(H,23,25). The number of pyridine rings is 1. The number of carbonyl (C=O) groups is 1. The number of aromatic hydroxyl groups is 1. The SMILES string of the molecule is Cc1cccc(C)c1Oc1ncccc1CNC(=O)c1ccccc1O. The Balaban J connectivity index is 1.78. The minimum Gasteiger partial charge on any atom is -0.507 e. The van der Waals surface area contributed by atoms with Gasteiger partial charge in [0, 0.05) is 18.3 Å². The number of benzene rings is 2. The fourth-order valence-corrected chi connectivity index (χ4v) is 2.64. The summed E-state index contributed by atoms with van der Waals surface area (Å²) < 4.78 is 6.02. The third-order valence-electron chi connectivity index (χ3n) is 4.05. The summed E-state index contributed by atoms with van der Waals surface area (Å²) in [6.45, 7) is 4.19. The first-order chi connectivity index (χ1) is 12.6. The predicted octanol–water partition coefficient (Wildman–Crippen LogP) is 4.13. The van der Waals surface area contributed by atoms with Gasteiger partial charge in [0.15, 0.2) is 0 Å². The highest BCUT2D eigenvalue weighted by Gasteiger charge is 2.13. The maximum absolute atomic E-state index is 12.3. The van der Waals surface area contributed by atoms with E-state index < -0.39 is 0 Å². The molecule has 26 heavy (non-hydrogen) atoms. The number of aromatic nitrogens is 1. The van der Waals surface area contributed by atoms with Crippen molar-refractivity contribution in [2.24, 2.45) is 0 Å². The minimum atomic E-state index is -0.357. The van der Waals surface area contributed by atoms with Gasteiger partial charge in [0.25, 0.3) is 5.91 Å². The molecule has 0 atom stereocenters. The number of rotatable bonds is 5. The molecule has 0 unspecified atom stereocenters. The van der Waals surface area contributed by atoms with E-state index in [1.54, 1.807) is 30.5 Å². The smallest absolute Gasteiger partial charge is 0.255 e. The van der Waals surface area contributed by atoms with Crippen molar-refractivity contribution in [3.05, 3.63) is 83.0 Å². The third kappa shape index (κ3) is 3.83. The summed E-state index contributed by atoms with van der Waals surface area (Å²) in [5, 5.41) is 12.6. The molecule has 3 aromatic rings. The molecular weight excluding hydrogens is 328 g/mol. The average Bonchev–Trinajstić information content (AvgIpc) is 2.64. The van der Waals surface area contributed by atoms with Crippen LogP contribution in [0.5, 0.6) is 17.4 Å². The van der Waals surface area contributed by atoms with Crippen molar-refractivity contribution in [3.8, 4) is 17.4 Å². The lowest BCUT2D eigenvalue weighted by atomic mass is 10.1. The van der Waals surface area contributed by atoms with E-state index in [4.69, 9.17) is 4.74 Å². The molecule has 2 aromatic carbocycles. The Kier molecular flexibility index (Phi) is 5.17. The molecule has 0 radical (unpaired) electrons. The molecular formula is C21H20N2O3. The van der Waals surface area contributed by atoms with E-state index >= 15 is 0 Å². The van der Waals surface area contributed by atoms with Gasteiger partial charge in [-0.25, -0.2) is 4.98 Å². The van der Waals surface area contributed by atoms with Crippen LogP contribution in [0.2, 0.25) is 0 Å². The third-order valence-corrected chi connectivity index (χ3v) is 4.05. The molecule has 1 aromatic heterocycles. The Hall–Kier alpha value is -3.34. The van der Waals surface area contributed by atoms with E-state index in [0.717, 1.165) is 22.4 Å². The van der Waals surface area contributed by atoms with Gasteiger partial charge in [0.05, 0.1) is 5.56 Å². The first kappa shape index (κ1) is 17.5. The Morgan fingerprint density at radius 3 is 2.50 bits per heavy atom. The second-order valence-electron chi connectivity index (χ2n) is 5.99. The molecule has 1 amide bonds. The molecule has 0 saturated carbocycles. The lowest BCUT2D eigenvalue weighted by Crippen LogP contribution is -2.23. The predicted molar refractivity (Wildman–Crippen MR) is 99.5 cm³/mol. The second kappa shape index (κ2) is 7.70. The van der Waals surface area contributed by atoms with Gasteiger partial charge < -0.3 is 15.2 Å². The molecule has 5 heteroatoms. The highest BCUT2D eigenvalue weighted by atomic mass is 16.5. The average molecular weight is 348 g/mol. The van der Waals surface area contributed by atoms with Crippen molar-refractivity contribution in [2.45, 2.75) is 20.4 Å². The van der Waals surface area contributed by atoms with Crippen LogP contribution in [0.25, 0.3) is 0 Å². The zero-order chi connectivity index (χ0) is 18.5. The van der Waals surface area contributed by atoms with Gasteiger partial charge in [-0.15, -0.1) is 0 Å². The summed E-state index contributed by atoms with van der Waals surface area (Å²) >= 11 is 0. The number of ether oxygens (including phenoxy) is 1. The molecule has 5 nitrogen and oxygen atoms in total. The van der Waals surface area contributed by atoms with Crippen molar-refractivity contribution in [1.29, 1.82) is 0 Å². The molecule has 0 spiro atoms. The van der Waals surface area contributed by atoms with Gasteiger partial charge in [-0.05, 0) is 43.2 Å². The van der Waals surface area contributed by atoms with Crippen molar-refractivity contribution >= 4 is 5.91 Å². The van der Waals surface area contributed by atoms with Crippen LogP contribution in [-0.4, -0.2) is 16.0 Å². The van der Waals surface area contributed by atoms with E-state index in [9.17, 15) is 9.90 Å². The number of amides is 1. The normalized spacial score (nSPS) is 10.4. The van der Waals surface area contributed by atoms with Crippen molar-refractivity contribution in [3.63, 3.8) is 0 Å². The number of nitrogens with zero attached hydrogens (tertiary/aromatic N) is 1. The highest BCUT2D eigenvalue weighted by Crippen LogP contribution is 2.29. The van der Waals surface area contributed by atoms with Crippen molar-refractivity contribution < 1.29 is 14.6 Å². The zero-order valence-corrected chi connectivity index (χ0v) is 14.7. The number of carbonyl (C=O) groups excluding carboxylic acids is 1. The van der Waals surface area contributed by atoms with E-state index in [2.05, 4.69) is 10.3 Å². The van der Waals surface area contributed by atoms with Gasteiger partial charge >= 0.3 is 0 Å². The maximum atomic E-state index is 12.3. The molecule has 3 rings (SSSR count). The first-order valence-electron chi connectivity index (χ1n) is 8.30. The van der Waals surface area contributed by atoms with Crippen LogP contribution in [0.15, 0.2) is 60.8 Å². The zero-order valence-electron chi connectivity index (χ0n) is 14.7. The number of phenols is 1. The van der Waals surface area contributed by atoms with Crippen LogP contribution >= 0.6 is 0 Å². The maximum Gasteiger partial charge on any atom is 0.255 e. The summed E-state index contributed by atoms with van der Waals surface area (Å²) in [5.74, 6) is 0.801. The minimum absolute atomic E-state index is 0.0526. The Labute approximate surface area is 152 Å². The van der Waals surface area contributed by atoms with E-state index in [0.29, 0.717) is 5.88 Å². The molecule has 0 fully saturated rings. The van der Waals surface area contributed by atoms with E-state index in [-0.39, 0.29) is 23.8 Å². The van der Waals surface area contributed by atoms with Crippen LogP contribution in [0.1, 0.15) is 27.0 Å². The highest BCUT2D eigenvalue weighted by molar-refractivity contribution is 5.96. The quantitative estimate of drug-likeness (QED) is 0.727. The molecule has 0 saturated heterocycles. The van der Waals surface area contributed by atoms with Crippen LogP contribution in [0.3, 0.4) is 0 Å². The number of para-hydroxylation sites is 2. The number of phenolic OH excluding ortho intramolecular Hbond substituents is 1. The van der Waals surface area contributed by atoms with Crippen LogP contribution < -0.4 is 10.1 Å². The van der Waals surface area contributed by atoms with Crippen LogP contribution in [0.4, 0.5) is 0 Å². The molecule has 132 valence electrons. The first-order valence-corrected chi connectivity index (χ1v) is 8.30. The molecule has 2 N–H and O–H groups in total. The molecule has 0 bridgehead atoms. The van der Waals surface area contributed by atoms with Gasteiger partial charge in [-0.2, -0.15) is 0 Å². The van der Waals surface area contributed by atoms with Crippen molar-refractivity contribution in [1.82, 2.24) is 10.3 Å². The van der Waals surface area contributed by atoms with E-state index in [1.807, 2.05) is 38.1 Å². The lowest BCUT2D eigenvalue weighted by Gasteiger charge is -2.14.